The summed E-state index contributed by atoms with van der Waals surface area (Å²) in [5.41, 5.74) is 5.11. The highest BCUT2D eigenvalue weighted by molar-refractivity contribution is 6.36. The quantitative estimate of drug-likeness (QED) is 0.208. The number of rotatable bonds is 7. The Labute approximate surface area is 216 Å². The lowest BCUT2D eigenvalue weighted by atomic mass is 10.0. The third kappa shape index (κ3) is 6.53. The molecule has 1 amide bonds. The number of amides is 1. The maximum absolute atomic E-state index is 12.9. The lowest BCUT2D eigenvalue weighted by molar-refractivity contribution is -0.757. The maximum atomic E-state index is 12.9. The summed E-state index contributed by atoms with van der Waals surface area (Å²) < 4.78 is 11.2. The van der Waals surface area contributed by atoms with Gasteiger partial charge >= 0.3 is 5.91 Å². The maximum Gasteiger partial charge on any atom is 0.321 e. The van der Waals surface area contributed by atoms with Crippen LogP contribution in [-0.2, 0) is 9.57 Å². The number of aromatic nitrogens is 1. The van der Waals surface area contributed by atoms with Gasteiger partial charge in [0.1, 0.15) is 12.3 Å². The van der Waals surface area contributed by atoms with Crippen LogP contribution in [0.3, 0.4) is 0 Å². The first-order chi connectivity index (χ1) is 17.4. The van der Waals surface area contributed by atoms with Crippen molar-refractivity contribution in [3.8, 4) is 34.4 Å². The van der Waals surface area contributed by atoms with Crippen molar-refractivity contribution < 1.29 is 23.9 Å². The number of nitrogens with one attached hydrogen (secondary N) is 1. The minimum Gasteiger partial charge on any atom is -0.432 e. The van der Waals surface area contributed by atoms with Gasteiger partial charge in [0, 0.05) is 41.2 Å². The number of ether oxygens (including phenoxy) is 1. The number of hydrogen-bond acceptors (Lipinski definition) is 8. The van der Waals surface area contributed by atoms with Crippen molar-refractivity contribution in [3.05, 3.63) is 74.1 Å². The van der Waals surface area contributed by atoms with Crippen LogP contribution in [0.1, 0.15) is 22.7 Å². The number of nitrogens with zero attached hydrogens (tertiary/aromatic N) is 3. The normalized spacial score (nSPS) is 13.5. The Bertz CT molecular complexity index is 1310. The molecule has 10 nitrogen and oxygen atoms in total. The Balaban J connectivity index is 1.61. The van der Waals surface area contributed by atoms with E-state index in [-0.39, 0.29) is 18.9 Å². The van der Waals surface area contributed by atoms with E-state index >= 15 is 0 Å². The van der Waals surface area contributed by atoms with Crippen molar-refractivity contribution in [1.82, 2.24) is 15.4 Å². The molecule has 0 saturated carbocycles. The summed E-state index contributed by atoms with van der Waals surface area (Å²) in [6, 6.07) is 12.1. The molecule has 1 saturated heterocycles. The number of halogens is 2. The van der Waals surface area contributed by atoms with Crippen LogP contribution < -0.4 is 5.43 Å². The molecule has 2 aromatic carbocycles. The Morgan fingerprint density at radius 1 is 1.19 bits per heavy atom. The number of hydrogen-bond donors (Lipinski definition) is 1. The van der Waals surface area contributed by atoms with E-state index in [9.17, 15) is 14.9 Å². The van der Waals surface area contributed by atoms with Gasteiger partial charge in [-0.3, -0.25) is 10.2 Å². The lowest BCUT2D eigenvalue weighted by Gasteiger charge is -2.26. The highest BCUT2D eigenvalue weighted by atomic mass is 35.5. The number of carbonyl (C=O) groups is 1. The van der Waals surface area contributed by atoms with E-state index in [1.807, 2.05) is 0 Å². The molecule has 0 atom stereocenters. The van der Waals surface area contributed by atoms with Crippen LogP contribution in [-0.4, -0.2) is 53.9 Å². The van der Waals surface area contributed by atoms with Crippen LogP contribution >= 0.6 is 23.2 Å². The first-order valence-corrected chi connectivity index (χ1v) is 11.6. The number of carbonyl (C=O) groups excluding carboxylic acids is 1. The monoisotopic (exact) mass is 530 g/mol. The second-order valence-corrected chi connectivity index (χ2v) is 8.39. The van der Waals surface area contributed by atoms with E-state index in [2.05, 4.69) is 27.1 Å². The molecule has 0 spiro atoms. The topological polar surface area (TPSA) is 120 Å². The molecule has 1 N–H and O–H groups in total. The van der Waals surface area contributed by atoms with E-state index in [1.165, 1.54) is 0 Å². The molecule has 4 rings (SSSR count). The minimum absolute atomic E-state index is 0.0997. The van der Waals surface area contributed by atoms with Crippen LogP contribution in [0.5, 0.6) is 0 Å². The molecule has 1 aliphatic rings. The smallest absolute Gasteiger partial charge is 0.321 e. The van der Waals surface area contributed by atoms with E-state index in [0.29, 0.717) is 64.5 Å². The van der Waals surface area contributed by atoms with Gasteiger partial charge in [-0.2, -0.15) is 0 Å². The van der Waals surface area contributed by atoms with Crippen molar-refractivity contribution in [2.24, 2.45) is 0 Å². The SMILES string of the molecule is O=C(NN1CCOCC1)c1nc(-c2ccc(C#CCCO[N+](=O)[O-])cc2)c(-c2ccc(Cl)cc2Cl)o1. The molecule has 1 aromatic heterocycles. The van der Waals surface area contributed by atoms with Crippen LogP contribution in [0.4, 0.5) is 0 Å². The average molecular weight is 531 g/mol. The zero-order valence-corrected chi connectivity index (χ0v) is 20.3. The minimum atomic E-state index is -0.853. The van der Waals surface area contributed by atoms with E-state index < -0.39 is 11.0 Å². The van der Waals surface area contributed by atoms with Crippen molar-refractivity contribution in [2.75, 3.05) is 32.9 Å². The second-order valence-electron chi connectivity index (χ2n) is 7.55. The molecule has 3 aromatic rings. The lowest BCUT2D eigenvalue weighted by Crippen LogP contribution is -2.48. The molecule has 12 heteroatoms. The van der Waals surface area contributed by atoms with Gasteiger partial charge in [0.25, 0.3) is 11.0 Å². The zero-order chi connectivity index (χ0) is 25.5. The predicted molar refractivity (Wildman–Crippen MR) is 132 cm³/mol. The highest BCUT2D eigenvalue weighted by Crippen LogP contribution is 2.37. The van der Waals surface area contributed by atoms with Gasteiger partial charge in [-0.05, 0) is 30.3 Å². The molecule has 1 aliphatic heterocycles. The summed E-state index contributed by atoms with van der Waals surface area (Å²) >= 11 is 12.5. The summed E-state index contributed by atoms with van der Waals surface area (Å²) in [7, 11) is 0. The molecule has 1 fully saturated rings. The van der Waals surface area contributed by atoms with Gasteiger partial charge in [0.15, 0.2) is 5.76 Å². The fourth-order valence-electron chi connectivity index (χ4n) is 3.38. The Kier molecular flexibility index (Phi) is 8.40. The molecule has 0 aliphatic carbocycles. The van der Waals surface area contributed by atoms with Crippen molar-refractivity contribution in [2.45, 2.75) is 6.42 Å². The molecule has 0 bridgehead atoms. The zero-order valence-electron chi connectivity index (χ0n) is 18.8. The van der Waals surface area contributed by atoms with Crippen molar-refractivity contribution >= 4 is 29.1 Å². The first kappa shape index (κ1) is 25.5. The second kappa shape index (κ2) is 11.9. The van der Waals surface area contributed by atoms with E-state index in [4.69, 9.17) is 32.4 Å². The number of hydrazine groups is 1. The van der Waals surface area contributed by atoms with Crippen molar-refractivity contribution in [3.63, 3.8) is 0 Å². The Morgan fingerprint density at radius 2 is 1.94 bits per heavy atom. The van der Waals surface area contributed by atoms with Crippen LogP contribution in [0, 0.1) is 22.0 Å². The van der Waals surface area contributed by atoms with E-state index in [0.717, 1.165) is 0 Å². The van der Waals surface area contributed by atoms with Gasteiger partial charge in [0.05, 0.1) is 18.2 Å². The Morgan fingerprint density at radius 3 is 2.64 bits per heavy atom. The van der Waals surface area contributed by atoms with Crippen LogP contribution in [0.2, 0.25) is 10.0 Å². The number of benzene rings is 2. The molecular formula is C24H20Cl2N4O6. The molecule has 36 heavy (non-hydrogen) atoms. The first-order valence-electron chi connectivity index (χ1n) is 10.9. The molecule has 186 valence electrons. The summed E-state index contributed by atoms with van der Waals surface area (Å²) in [5, 5.41) is 11.9. The molecule has 2 heterocycles. The summed E-state index contributed by atoms with van der Waals surface area (Å²) in [5.74, 6) is 5.44. The predicted octanol–water partition coefficient (Wildman–Crippen LogP) is 4.24. The van der Waals surface area contributed by atoms with E-state index in [1.54, 1.807) is 47.5 Å². The van der Waals surface area contributed by atoms with Crippen LogP contribution in [0.15, 0.2) is 46.9 Å². The third-order valence-corrected chi connectivity index (χ3v) is 5.63. The largest absolute Gasteiger partial charge is 0.432 e. The molecule has 0 radical (unpaired) electrons. The highest BCUT2D eigenvalue weighted by Gasteiger charge is 2.24. The molecule has 0 unspecified atom stereocenters. The van der Waals surface area contributed by atoms with Gasteiger partial charge in [-0.25, -0.2) is 9.99 Å². The summed E-state index contributed by atoms with van der Waals surface area (Å²) in [6.07, 6.45) is 0.215. The van der Waals surface area contributed by atoms with Gasteiger partial charge in [-0.1, -0.05) is 47.2 Å². The fourth-order valence-corrected chi connectivity index (χ4v) is 3.88. The standard InChI is InChI=1S/C24H20Cl2N4O6/c25-18-8-9-19(20(26)15-18)22-21(27-24(36-22)23(31)28-29-10-13-34-14-11-29)17-6-4-16(5-7-17)3-1-2-12-35-30(32)33/h4-9,15H,2,10-14H2,(H,28,31). The van der Waals surface area contributed by atoms with Gasteiger partial charge in [-0.15, -0.1) is 10.1 Å². The molecular weight excluding hydrogens is 511 g/mol. The van der Waals surface area contributed by atoms with Gasteiger partial charge in [0.2, 0.25) is 0 Å². The average Bonchev–Trinajstić information content (AvgIpc) is 3.30. The number of oxazole rings is 1. The summed E-state index contributed by atoms with van der Waals surface area (Å²) in [4.78, 5) is 31.8. The van der Waals surface area contributed by atoms with Crippen molar-refractivity contribution in [1.29, 1.82) is 0 Å². The third-order valence-electron chi connectivity index (χ3n) is 5.08. The van der Waals surface area contributed by atoms with Crippen LogP contribution in [0.25, 0.3) is 22.6 Å². The Hall–Kier alpha value is -3.62. The van der Waals surface area contributed by atoms with Gasteiger partial charge < -0.3 is 14.0 Å². The summed E-state index contributed by atoms with van der Waals surface area (Å²) in [6.45, 7) is 2.03. The fraction of sp³-hybridized carbons (Fsp3) is 0.250. The number of morpholine rings is 1.